The topological polar surface area (TPSA) is 66.4 Å². The van der Waals surface area contributed by atoms with Crippen LogP contribution in [-0.2, 0) is 16.6 Å². The molecule has 0 saturated carbocycles. The number of sulfonamides is 1. The Kier molecular flexibility index (Phi) is 6.54. The average Bonchev–Trinajstić information content (AvgIpc) is 2.36. The van der Waals surface area contributed by atoms with E-state index in [0.29, 0.717) is 15.6 Å². The molecule has 0 bridgehead atoms. The van der Waals surface area contributed by atoms with Gasteiger partial charge in [-0.25, -0.2) is 13.1 Å². The smallest absolute Gasteiger partial charge is 0.392 e. The first-order chi connectivity index (χ1) is 9.57. The van der Waals surface area contributed by atoms with E-state index in [4.69, 9.17) is 5.11 Å². The van der Waals surface area contributed by atoms with Gasteiger partial charge in [-0.2, -0.15) is 13.2 Å². The lowest BCUT2D eigenvalue weighted by Gasteiger charge is -2.12. The zero-order chi connectivity index (χ0) is 16.3. The summed E-state index contributed by atoms with van der Waals surface area (Å²) < 4.78 is 62.7. The number of benzene rings is 1. The number of nitrogens with one attached hydrogen (secondary N) is 1. The maximum atomic E-state index is 12.1. The van der Waals surface area contributed by atoms with Crippen molar-refractivity contribution in [1.82, 2.24) is 4.72 Å². The molecule has 0 fully saturated rings. The van der Waals surface area contributed by atoms with Crippen LogP contribution in [0.3, 0.4) is 0 Å². The van der Waals surface area contributed by atoms with Gasteiger partial charge in [0.2, 0.25) is 10.0 Å². The fraction of sp³-hybridized carbons (Fsp3) is 0.455. The Hall–Kier alpha value is -0.290. The predicted octanol–water partition coefficient (Wildman–Crippen LogP) is 2.78. The lowest BCUT2D eigenvalue weighted by Crippen LogP contribution is -2.27. The van der Waals surface area contributed by atoms with Gasteiger partial charge in [0, 0.05) is 16.8 Å². The molecule has 1 aromatic carbocycles. The highest BCUT2D eigenvalue weighted by molar-refractivity contribution is 9.10. The third kappa shape index (κ3) is 5.78. The van der Waals surface area contributed by atoms with Crippen molar-refractivity contribution in [3.05, 3.63) is 27.7 Å². The standard InChI is InChI=1S/C11H13BrF3NO3S2/c1-7-9(12)4-8(6-17)5-10(7)21(18,19)16-2-3-20-11(13,14)15/h4-5,16-17H,2-3,6H2,1H3. The minimum Gasteiger partial charge on any atom is -0.392 e. The van der Waals surface area contributed by atoms with E-state index in [9.17, 15) is 21.6 Å². The minimum atomic E-state index is -4.39. The van der Waals surface area contributed by atoms with Crippen molar-refractivity contribution >= 4 is 37.7 Å². The van der Waals surface area contributed by atoms with Crippen LogP contribution in [0.1, 0.15) is 11.1 Å². The van der Waals surface area contributed by atoms with Crippen molar-refractivity contribution < 1.29 is 26.7 Å². The lowest BCUT2D eigenvalue weighted by atomic mass is 10.2. The molecular weight excluding hydrogens is 395 g/mol. The third-order valence-corrected chi connectivity index (χ3v) is 5.63. The molecule has 0 amide bonds. The maximum Gasteiger partial charge on any atom is 0.441 e. The van der Waals surface area contributed by atoms with E-state index < -0.39 is 21.3 Å². The molecule has 1 rings (SSSR count). The van der Waals surface area contributed by atoms with Crippen molar-refractivity contribution in [2.24, 2.45) is 0 Å². The van der Waals surface area contributed by atoms with Crippen LogP contribution in [0.5, 0.6) is 0 Å². The summed E-state index contributed by atoms with van der Waals surface area (Å²) in [6, 6.07) is 2.87. The molecule has 0 atom stereocenters. The Morgan fingerprint density at radius 3 is 2.52 bits per heavy atom. The normalized spacial score (nSPS) is 12.7. The maximum absolute atomic E-state index is 12.1. The molecule has 2 N–H and O–H groups in total. The third-order valence-electron chi connectivity index (χ3n) is 2.49. The van der Waals surface area contributed by atoms with Gasteiger partial charge >= 0.3 is 5.51 Å². The summed E-state index contributed by atoms with van der Waals surface area (Å²) in [7, 11) is -3.94. The highest BCUT2D eigenvalue weighted by atomic mass is 79.9. The number of hydrogen-bond donors (Lipinski definition) is 2. The first-order valence-electron chi connectivity index (χ1n) is 5.67. The fourth-order valence-electron chi connectivity index (χ4n) is 1.50. The van der Waals surface area contributed by atoms with Crippen LogP contribution in [0.15, 0.2) is 21.5 Å². The molecule has 10 heteroatoms. The molecule has 0 aromatic heterocycles. The van der Waals surface area contributed by atoms with Crippen LogP contribution >= 0.6 is 27.7 Å². The largest absolute Gasteiger partial charge is 0.441 e. The molecule has 4 nitrogen and oxygen atoms in total. The van der Waals surface area contributed by atoms with Gasteiger partial charge in [-0.1, -0.05) is 15.9 Å². The molecule has 0 aliphatic rings. The summed E-state index contributed by atoms with van der Waals surface area (Å²) in [4.78, 5) is -0.0714. The molecule has 0 heterocycles. The summed E-state index contributed by atoms with van der Waals surface area (Å²) in [5, 5.41) is 9.08. The van der Waals surface area contributed by atoms with Crippen molar-refractivity contribution in [1.29, 1.82) is 0 Å². The molecule has 1 aromatic rings. The van der Waals surface area contributed by atoms with Crippen LogP contribution in [0.25, 0.3) is 0 Å². The molecule has 120 valence electrons. The number of aliphatic hydroxyl groups excluding tert-OH is 1. The van der Waals surface area contributed by atoms with Crippen molar-refractivity contribution in [2.75, 3.05) is 12.3 Å². The molecular formula is C11H13BrF3NO3S2. The number of halogens is 4. The highest BCUT2D eigenvalue weighted by Gasteiger charge is 2.28. The second-order valence-electron chi connectivity index (χ2n) is 4.05. The zero-order valence-electron chi connectivity index (χ0n) is 10.9. The van der Waals surface area contributed by atoms with Gasteiger partial charge in [0.05, 0.1) is 11.5 Å². The Labute approximate surface area is 133 Å². The molecule has 0 radical (unpaired) electrons. The summed E-state index contributed by atoms with van der Waals surface area (Å²) in [5.74, 6) is -0.414. The molecule has 0 saturated heterocycles. The summed E-state index contributed by atoms with van der Waals surface area (Å²) >= 11 is 2.89. The zero-order valence-corrected chi connectivity index (χ0v) is 14.1. The van der Waals surface area contributed by atoms with Crippen LogP contribution in [0.4, 0.5) is 13.2 Å². The quantitative estimate of drug-likeness (QED) is 0.711. The van der Waals surface area contributed by atoms with Crippen molar-refractivity contribution in [3.8, 4) is 0 Å². The Morgan fingerprint density at radius 2 is 2.00 bits per heavy atom. The highest BCUT2D eigenvalue weighted by Crippen LogP contribution is 2.30. The first-order valence-corrected chi connectivity index (χ1v) is 8.93. The Bertz CT molecular complexity index is 605. The van der Waals surface area contributed by atoms with Crippen molar-refractivity contribution in [3.63, 3.8) is 0 Å². The molecule has 0 spiro atoms. The lowest BCUT2D eigenvalue weighted by molar-refractivity contribution is -0.0327. The average molecular weight is 408 g/mol. The second-order valence-corrected chi connectivity index (χ2v) is 7.80. The van der Waals surface area contributed by atoms with Crippen LogP contribution < -0.4 is 4.72 Å². The van der Waals surface area contributed by atoms with Gasteiger partial charge in [0.25, 0.3) is 0 Å². The Balaban J connectivity index is 2.86. The SMILES string of the molecule is Cc1c(Br)cc(CO)cc1S(=O)(=O)NCCSC(F)(F)F. The monoisotopic (exact) mass is 407 g/mol. The molecule has 0 unspecified atom stereocenters. The summed E-state index contributed by atoms with van der Waals surface area (Å²) in [5.41, 5.74) is -3.58. The van der Waals surface area contributed by atoms with E-state index >= 15 is 0 Å². The molecule has 0 aliphatic heterocycles. The predicted molar refractivity (Wildman–Crippen MR) is 78.5 cm³/mol. The van der Waals surface area contributed by atoms with E-state index in [0.717, 1.165) is 0 Å². The Morgan fingerprint density at radius 1 is 1.38 bits per heavy atom. The number of aliphatic hydroxyl groups is 1. The molecule has 21 heavy (non-hydrogen) atoms. The van der Waals surface area contributed by atoms with Gasteiger partial charge in [-0.3, -0.25) is 0 Å². The van der Waals surface area contributed by atoms with Gasteiger partial charge < -0.3 is 5.11 Å². The van der Waals surface area contributed by atoms with Gasteiger partial charge in [0.15, 0.2) is 0 Å². The minimum absolute atomic E-state index is 0.0714. The van der Waals surface area contributed by atoms with Crippen LogP contribution in [0.2, 0.25) is 0 Å². The van der Waals surface area contributed by atoms with E-state index in [1.807, 2.05) is 0 Å². The second kappa shape index (κ2) is 7.32. The van der Waals surface area contributed by atoms with E-state index in [1.54, 1.807) is 13.0 Å². The van der Waals surface area contributed by atoms with Gasteiger partial charge in [0.1, 0.15) is 0 Å². The van der Waals surface area contributed by atoms with E-state index in [2.05, 4.69) is 20.7 Å². The number of alkyl halides is 3. The summed E-state index contributed by atoms with van der Waals surface area (Å²) in [6.07, 6.45) is 0. The molecule has 0 aliphatic carbocycles. The fourth-order valence-corrected chi connectivity index (χ4v) is 4.05. The van der Waals surface area contributed by atoms with Crippen LogP contribution in [-0.4, -0.2) is 31.3 Å². The first kappa shape index (κ1) is 18.8. The van der Waals surface area contributed by atoms with Gasteiger partial charge in [-0.15, -0.1) is 0 Å². The van der Waals surface area contributed by atoms with Gasteiger partial charge in [-0.05, 0) is 41.9 Å². The number of hydrogen-bond acceptors (Lipinski definition) is 4. The van der Waals surface area contributed by atoms with Crippen molar-refractivity contribution in [2.45, 2.75) is 23.9 Å². The number of rotatable bonds is 6. The number of thioether (sulfide) groups is 1. The van der Waals surface area contributed by atoms with E-state index in [1.165, 1.54) is 6.07 Å². The van der Waals surface area contributed by atoms with E-state index in [-0.39, 0.29) is 29.8 Å². The summed E-state index contributed by atoms with van der Waals surface area (Å²) in [6.45, 7) is 0.877. The van der Waals surface area contributed by atoms with Crippen LogP contribution in [0, 0.1) is 6.92 Å².